The maximum absolute atomic E-state index is 11.3. The maximum Gasteiger partial charge on any atom is 0.169 e. The molecule has 2 unspecified atom stereocenters. The third-order valence-electron chi connectivity index (χ3n) is 25.7. The molecule has 0 saturated carbocycles. The lowest BCUT2D eigenvalue weighted by atomic mass is 9.77. The predicted molar refractivity (Wildman–Crippen MR) is 613 cm³/mol. The Bertz CT molecular complexity index is 6810. The van der Waals surface area contributed by atoms with E-state index in [0.29, 0.717) is 29.1 Å². The third kappa shape index (κ3) is 28.4. The average molecular weight is 2170 g/mol. The SMILES string of the molecule is CC#N.Cc1ccc(C(O)c2cn(C(c3ccccc3)(c3ccccc3)c3ccccc3)cn2)cc1C.Cc1ccc(C(O)c2cn(C(c3ccccc3)(c3ccccc3)c3ccccc3)cn2)cc1C.Cc1ccc(Cc2cnc[nH]2)cc1C.Cc1ccc(I)cc1C.Cc1ccc(I)cc1C.Cc1ccc(N)cc1C.Cl.O=Cc1cn(C(c2ccccc2)(c2ccccc2)c2ccccc2)cn1.O=Cc1cnc[nH]1. The molecule has 0 radical (unpaired) electrons. The van der Waals surface area contributed by atoms with Crippen LogP contribution in [0.5, 0.6) is 0 Å². The number of nitrogens with zero attached hydrogens (tertiary/aromatic N) is 9. The van der Waals surface area contributed by atoms with Crippen molar-refractivity contribution in [2.45, 2.75) is 125 Å². The van der Waals surface area contributed by atoms with Gasteiger partial charge in [-0.3, -0.25) is 9.59 Å². The van der Waals surface area contributed by atoms with Gasteiger partial charge in [-0.25, -0.2) is 24.9 Å². The van der Waals surface area contributed by atoms with Crippen molar-refractivity contribution in [3.05, 3.63) is 614 Å². The Morgan fingerprint density at radius 3 is 0.863 bits per heavy atom. The van der Waals surface area contributed by atoms with Gasteiger partial charge in [-0.05, 0) is 298 Å². The molecule has 6 N–H and O–H groups in total. The van der Waals surface area contributed by atoms with Crippen LogP contribution in [0.25, 0.3) is 0 Å². The van der Waals surface area contributed by atoms with E-state index in [2.05, 4.69) is 399 Å². The van der Waals surface area contributed by atoms with Gasteiger partial charge < -0.3 is 39.6 Å². The first-order valence-electron chi connectivity index (χ1n) is 47.9. The molecular weight excluding hydrogens is 2050 g/mol. The molecule has 0 fully saturated rings. The second-order valence-corrected chi connectivity index (χ2v) is 38.0. The van der Waals surface area contributed by atoms with Crippen molar-refractivity contribution < 1.29 is 19.8 Å². The number of nitrogens with two attached hydrogens (primary N) is 1. The van der Waals surface area contributed by atoms with Crippen LogP contribution in [0, 0.1) is 102 Å². The summed E-state index contributed by atoms with van der Waals surface area (Å²) in [5.41, 5.74) is 36.3. The Morgan fingerprint density at radius 1 is 0.342 bits per heavy atom. The molecule has 19 heteroatoms. The van der Waals surface area contributed by atoms with Crippen molar-refractivity contribution in [1.29, 1.82) is 5.26 Å². The highest BCUT2D eigenvalue weighted by Crippen LogP contribution is 2.45. The van der Waals surface area contributed by atoms with E-state index >= 15 is 0 Å². The number of aryl methyl sites for hydroxylation is 12. The zero-order valence-electron chi connectivity index (χ0n) is 84.6. The number of nitrogens with one attached hydrogen (secondary N) is 2. The average Bonchev–Trinajstić information content (AvgIpc) is 1.36. The van der Waals surface area contributed by atoms with Gasteiger partial charge in [0.05, 0.1) is 61.0 Å². The smallest absolute Gasteiger partial charge is 0.169 e. The van der Waals surface area contributed by atoms with Crippen molar-refractivity contribution in [3.8, 4) is 6.07 Å². The number of aromatic nitrogens is 10. The van der Waals surface area contributed by atoms with Crippen LogP contribution in [0.2, 0.25) is 0 Å². The largest absolute Gasteiger partial charge is 0.399 e. The Morgan fingerprint density at radius 2 is 0.616 bits per heavy atom. The topological polar surface area (TPSA) is 235 Å². The minimum Gasteiger partial charge on any atom is -0.399 e. The van der Waals surface area contributed by atoms with Crippen LogP contribution >= 0.6 is 57.6 Å². The van der Waals surface area contributed by atoms with Gasteiger partial charge in [-0.1, -0.05) is 346 Å². The normalized spacial score (nSPS) is 11.0. The monoisotopic (exact) mass is 2170 g/mol. The molecule has 5 aromatic heterocycles. The number of anilines is 1. The molecule has 738 valence electrons. The molecule has 15 aromatic carbocycles. The van der Waals surface area contributed by atoms with Crippen molar-refractivity contribution in [3.63, 3.8) is 0 Å². The van der Waals surface area contributed by atoms with E-state index in [1.54, 1.807) is 24.9 Å². The molecule has 20 rings (SSSR count). The van der Waals surface area contributed by atoms with Gasteiger partial charge in [-0.15, -0.1) is 12.4 Å². The van der Waals surface area contributed by atoms with E-state index in [4.69, 9.17) is 21.0 Å². The second-order valence-electron chi connectivity index (χ2n) is 35.5. The minimum absolute atomic E-state index is 0. The van der Waals surface area contributed by atoms with E-state index in [9.17, 15) is 19.8 Å². The number of imidazole rings is 5. The lowest BCUT2D eigenvalue weighted by molar-refractivity contribution is 0.111. The van der Waals surface area contributed by atoms with Crippen molar-refractivity contribution in [1.82, 2.24) is 48.6 Å². The number of aromatic amines is 2. The summed E-state index contributed by atoms with van der Waals surface area (Å²) in [6.45, 7) is 26.7. The number of hydrogen-bond donors (Lipinski definition) is 5. The summed E-state index contributed by atoms with van der Waals surface area (Å²) in [4.78, 5) is 48.1. The molecule has 0 spiro atoms. The van der Waals surface area contributed by atoms with E-state index < -0.39 is 28.8 Å². The fourth-order valence-corrected chi connectivity index (χ4v) is 18.4. The number of H-pyrrole nitrogens is 2. The Balaban J connectivity index is 0.000000168. The summed E-state index contributed by atoms with van der Waals surface area (Å²) >= 11 is 4.64. The molecular formula is C127H125ClI2N12O4. The van der Waals surface area contributed by atoms with Gasteiger partial charge in [0.2, 0.25) is 0 Å². The fourth-order valence-electron chi connectivity index (χ4n) is 17.1. The minimum atomic E-state index is -0.805. The molecule has 16 nitrogen and oxygen atoms in total. The molecule has 5 heterocycles. The van der Waals surface area contributed by atoms with Crippen LogP contribution in [0.15, 0.2) is 445 Å². The van der Waals surface area contributed by atoms with Crippen LogP contribution < -0.4 is 5.73 Å². The number of carbonyl (C=O) groups excluding carboxylic acids is 2. The molecule has 146 heavy (non-hydrogen) atoms. The Kier molecular flexibility index (Phi) is 41.8. The first-order chi connectivity index (χ1) is 70.3. The zero-order chi connectivity index (χ0) is 103. The highest BCUT2D eigenvalue weighted by molar-refractivity contribution is 14.1. The van der Waals surface area contributed by atoms with Gasteiger partial charge in [0.15, 0.2) is 12.6 Å². The van der Waals surface area contributed by atoms with Crippen molar-refractivity contribution in [2.75, 3.05) is 5.73 Å². The summed E-state index contributed by atoms with van der Waals surface area (Å²) < 4.78 is 8.92. The first kappa shape index (κ1) is 111. The van der Waals surface area contributed by atoms with Crippen LogP contribution in [0.4, 0.5) is 5.69 Å². The summed E-state index contributed by atoms with van der Waals surface area (Å²) in [6.07, 6.45) is 18.5. The van der Waals surface area contributed by atoms with Crippen LogP contribution in [-0.2, 0) is 23.0 Å². The van der Waals surface area contributed by atoms with Gasteiger partial charge in [-0.2, -0.15) is 5.26 Å². The lowest BCUT2D eigenvalue weighted by Crippen LogP contribution is -2.37. The fraction of sp³-hybridized carbons (Fsp3) is 0.150. The van der Waals surface area contributed by atoms with Crippen LogP contribution in [-0.4, -0.2) is 71.4 Å². The van der Waals surface area contributed by atoms with Crippen LogP contribution in [0.1, 0.15) is 191 Å². The number of carbonyl (C=O) groups is 2. The third-order valence-corrected chi connectivity index (χ3v) is 27.0. The van der Waals surface area contributed by atoms with Gasteiger partial charge >= 0.3 is 0 Å². The predicted octanol–water partition coefficient (Wildman–Crippen LogP) is 28.9. The van der Waals surface area contributed by atoms with Crippen molar-refractivity contribution in [2.24, 2.45) is 0 Å². The molecule has 0 aliphatic carbocycles. The quantitative estimate of drug-likeness (QED) is 0.0208. The van der Waals surface area contributed by atoms with Crippen molar-refractivity contribution >= 4 is 75.8 Å². The van der Waals surface area contributed by atoms with Crippen LogP contribution in [0.3, 0.4) is 0 Å². The first-order valence-corrected chi connectivity index (χ1v) is 50.1. The highest BCUT2D eigenvalue weighted by atomic mass is 127. The summed E-state index contributed by atoms with van der Waals surface area (Å²) in [7, 11) is 0. The standard InChI is InChI=1S/2C31H28N2O.C23H18N2O.C12H14N2.2C8H9I.C8H11N.C4H4N2O.C2H3N.ClH/c2*1-23-18-19-25(20-24(23)2)30(34)29-21-33(22-32-29)31(26-12-6-3-7-13-26,27-14-8-4-9-15-27)28-16-10-5-11-17-28;26-17-22-16-25(18-24-22)23(19-10-4-1-5-11-19,20-12-6-2-7-13-20)21-14-8-3-9-15-21;1-9-3-4-11(5-10(9)2)6-12-7-13-8-14-12;3*1-6-3-4-8(9)5-7(6)2;7-2-4-1-5-3-6-4;1-2-3;/h2*3-22,30,34H,1-2H3;1-18H;3-5,7-8H,6H2,1-2H3,(H,13,14);2*3-5H,1-2H3;3-5H,9H2,1-2H3;1-3H,(H,5,6);1H3;1H. The molecule has 0 bridgehead atoms. The molecule has 0 saturated heterocycles. The number of aliphatic hydroxyl groups is 2. The van der Waals surface area contributed by atoms with E-state index in [-0.39, 0.29) is 12.4 Å². The number of hydrogen-bond acceptors (Lipinski definition) is 11. The highest BCUT2D eigenvalue weighted by Gasteiger charge is 2.42. The van der Waals surface area contributed by atoms with E-state index in [0.717, 1.165) is 96.4 Å². The Hall–Kier alpha value is -15.4. The number of nitriles is 1. The summed E-state index contributed by atoms with van der Waals surface area (Å²) in [5.74, 6) is 0. The molecule has 20 aromatic rings. The van der Waals surface area contributed by atoms with Gasteiger partial charge in [0, 0.05) is 56.7 Å². The maximum atomic E-state index is 11.3. The zero-order valence-corrected chi connectivity index (χ0v) is 89.8. The molecule has 2 atom stereocenters. The number of aliphatic hydroxyl groups excluding tert-OH is 2. The number of nitrogen functional groups attached to an aromatic ring is 1. The van der Waals surface area contributed by atoms with E-state index in [1.165, 1.54) is 87.8 Å². The lowest BCUT2D eigenvalue weighted by Gasteiger charge is -2.37. The number of benzene rings is 15. The molecule has 0 aliphatic rings. The molecule has 0 amide bonds. The van der Waals surface area contributed by atoms with Gasteiger partial charge in [0.1, 0.15) is 34.5 Å². The van der Waals surface area contributed by atoms with Gasteiger partial charge in [0.25, 0.3) is 0 Å². The Labute approximate surface area is 893 Å². The number of aldehydes is 2. The summed E-state index contributed by atoms with van der Waals surface area (Å²) in [6, 6.07) is 133. The second kappa shape index (κ2) is 54.9. The number of rotatable bonds is 20. The summed E-state index contributed by atoms with van der Waals surface area (Å²) in [5, 5.41) is 29.8. The number of halogens is 3. The van der Waals surface area contributed by atoms with E-state index in [1.807, 2.05) is 181 Å². The molecule has 0 aliphatic heterocycles.